The van der Waals surface area contributed by atoms with Crippen molar-refractivity contribution in [2.45, 2.75) is 103 Å². The zero-order valence-corrected chi connectivity index (χ0v) is 18.7. The second-order valence-corrected chi connectivity index (χ2v) is 10.4. The van der Waals surface area contributed by atoms with Crippen LogP contribution in [0.5, 0.6) is 0 Å². The molecule has 29 heavy (non-hydrogen) atoms. The minimum absolute atomic E-state index is 0.180. The molecule has 0 aromatic heterocycles. The molecule has 3 nitrogen and oxygen atoms in total. The Morgan fingerprint density at radius 2 is 1.79 bits per heavy atom. The smallest absolute Gasteiger partial charge is 0.0809 e. The van der Waals surface area contributed by atoms with Gasteiger partial charge in [-0.05, 0) is 87.0 Å². The summed E-state index contributed by atoms with van der Waals surface area (Å²) in [4.78, 5) is 0. The molecule has 0 radical (unpaired) electrons. The van der Waals surface area contributed by atoms with E-state index in [1.807, 2.05) is 6.92 Å². The van der Waals surface area contributed by atoms with Gasteiger partial charge in [0.25, 0.3) is 0 Å². The molecule has 3 saturated carbocycles. The lowest BCUT2D eigenvalue weighted by molar-refractivity contribution is 0.0907. The quantitative estimate of drug-likeness (QED) is 0.527. The number of hydrogen-bond acceptors (Lipinski definition) is 3. The summed E-state index contributed by atoms with van der Waals surface area (Å²) in [6.45, 7) is 10.7. The molecular formula is C26H42O3. The Bertz CT molecular complexity index is 630. The van der Waals surface area contributed by atoms with Gasteiger partial charge in [0.15, 0.2) is 0 Å². The van der Waals surface area contributed by atoms with Gasteiger partial charge in [0.1, 0.15) is 0 Å². The van der Waals surface area contributed by atoms with Crippen LogP contribution in [0.2, 0.25) is 0 Å². The average Bonchev–Trinajstić information content (AvgIpc) is 3.01. The first-order valence-corrected chi connectivity index (χ1v) is 11.8. The second-order valence-electron chi connectivity index (χ2n) is 10.4. The van der Waals surface area contributed by atoms with Crippen molar-refractivity contribution in [1.29, 1.82) is 0 Å². The maximum Gasteiger partial charge on any atom is 0.0809 e. The molecule has 3 rings (SSSR count). The van der Waals surface area contributed by atoms with Crippen LogP contribution in [0.4, 0.5) is 0 Å². The Morgan fingerprint density at radius 1 is 1.10 bits per heavy atom. The van der Waals surface area contributed by atoms with Crippen LogP contribution in [0, 0.1) is 23.2 Å². The van der Waals surface area contributed by atoms with Gasteiger partial charge in [0, 0.05) is 0 Å². The van der Waals surface area contributed by atoms with E-state index in [-0.39, 0.29) is 6.10 Å². The van der Waals surface area contributed by atoms with Gasteiger partial charge in [-0.15, -0.1) is 0 Å². The summed E-state index contributed by atoms with van der Waals surface area (Å²) < 4.78 is 0. The summed E-state index contributed by atoms with van der Waals surface area (Å²) in [7, 11) is 0. The van der Waals surface area contributed by atoms with Crippen LogP contribution in [0.25, 0.3) is 0 Å². The lowest BCUT2D eigenvalue weighted by Crippen LogP contribution is -2.36. The number of hydrogen-bond donors (Lipinski definition) is 3. The molecule has 0 aromatic rings. The summed E-state index contributed by atoms with van der Waals surface area (Å²) in [5.74, 6) is 2.17. The van der Waals surface area contributed by atoms with Crippen LogP contribution < -0.4 is 0 Å². The van der Waals surface area contributed by atoms with Gasteiger partial charge in [-0.2, -0.15) is 0 Å². The van der Waals surface area contributed by atoms with Crippen molar-refractivity contribution in [1.82, 2.24) is 0 Å². The predicted molar refractivity (Wildman–Crippen MR) is 119 cm³/mol. The van der Waals surface area contributed by atoms with Crippen LogP contribution in [0.15, 0.2) is 35.5 Å². The molecule has 164 valence electrons. The van der Waals surface area contributed by atoms with Crippen molar-refractivity contribution in [3.05, 3.63) is 35.5 Å². The van der Waals surface area contributed by atoms with Crippen molar-refractivity contribution in [2.24, 2.45) is 23.2 Å². The van der Waals surface area contributed by atoms with Crippen LogP contribution in [-0.4, -0.2) is 33.6 Å². The zero-order chi connectivity index (χ0) is 21.2. The number of aliphatic hydroxyl groups excluding tert-OH is 3. The van der Waals surface area contributed by atoms with Crippen molar-refractivity contribution in [3.8, 4) is 0 Å². The molecule has 0 heterocycles. The Balaban J connectivity index is 1.68. The van der Waals surface area contributed by atoms with Crippen LogP contribution in [0.1, 0.15) is 85.0 Å². The number of fused-ring (bicyclic) bond motifs is 1. The van der Waals surface area contributed by atoms with Gasteiger partial charge in [-0.25, -0.2) is 0 Å². The molecule has 3 aliphatic carbocycles. The number of rotatable bonds is 6. The molecule has 7 atom stereocenters. The van der Waals surface area contributed by atoms with Crippen LogP contribution >= 0.6 is 0 Å². The zero-order valence-electron chi connectivity index (χ0n) is 18.7. The molecule has 3 aliphatic rings. The molecule has 3 heteroatoms. The molecule has 5 unspecified atom stereocenters. The Kier molecular flexibility index (Phi) is 7.46. The first-order valence-electron chi connectivity index (χ1n) is 11.8. The number of aliphatic hydroxyl groups is 3. The standard InChI is InChI=1S/C26H42O3/c1-17(7-5-8-18(2)27)22-12-13-23-21(9-6-14-26(22,23)4)11-10-20-15-24(28)19(3)25(29)16-20/h10-11,17-18,22-25,27-29H,3,5-9,12-16H2,1-2,4H3/b20-10?,21-11+/t17?,18?,22-,23?,24-,25?,26?/m1/s1. The minimum atomic E-state index is -0.613. The van der Waals surface area contributed by atoms with E-state index in [9.17, 15) is 15.3 Å². The van der Waals surface area contributed by atoms with Crippen molar-refractivity contribution < 1.29 is 15.3 Å². The second kappa shape index (κ2) is 9.49. The molecular weight excluding hydrogens is 360 g/mol. The van der Waals surface area contributed by atoms with Gasteiger partial charge in [-0.1, -0.05) is 56.6 Å². The van der Waals surface area contributed by atoms with E-state index in [0.717, 1.165) is 30.3 Å². The van der Waals surface area contributed by atoms with E-state index < -0.39 is 12.2 Å². The third kappa shape index (κ3) is 5.06. The first kappa shape index (κ1) is 22.8. The highest BCUT2D eigenvalue weighted by atomic mass is 16.3. The molecule has 0 spiro atoms. The van der Waals surface area contributed by atoms with E-state index in [1.54, 1.807) is 5.57 Å². The van der Waals surface area contributed by atoms with Crippen LogP contribution in [-0.2, 0) is 0 Å². The summed E-state index contributed by atoms with van der Waals surface area (Å²) in [6.07, 6.45) is 14.0. The molecule has 0 saturated heterocycles. The monoisotopic (exact) mass is 402 g/mol. The number of allylic oxidation sites excluding steroid dienone is 3. The maximum absolute atomic E-state index is 10.1. The molecule has 3 N–H and O–H groups in total. The minimum Gasteiger partial charge on any atom is -0.393 e. The summed E-state index contributed by atoms with van der Waals surface area (Å²) >= 11 is 0. The highest BCUT2D eigenvalue weighted by molar-refractivity contribution is 5.29. The van der Waals surface area contributed by atoms with Crippen molar-refractivity contribution in [2.75, 3.05) is 0 Å². The fraction of sp³-hybridized carbons (Fsp3) is 0.769. The third-order valence-corrected chi connectivity index (χ3v) is 8.31. The molecule has 0 aromatic carbocycles. The third-order valence-electron chi connectivity index (χ3n) is 8.31. The molecule has 0 bridgehead atoms. The van der Waals surface area contributed by atoms with Gasteiger partial charge in [0.05, 0.1) is 18.3 Å². The first-order chi connectivity index (χ1) is 13.7. The van der Waals surface area contributed by atoms with Crippen molar-refractivity contribution in [3.63, 3.8) is 0 Å². The molecule has 0 amide bonds. The fourth-order valence-electron chi connectivity index (χ4n) is 6.58. The maximum atomic E-state index is 10.1. The Morgan fingerprint density at radius 3 is 2.45 bits per heavy atom. The lowest BCUT2D eigenvalue weighted by atomic mass is 9.60. The molecule has 3 fully saturated rings. The van der Waals surface area contributed by atoms with Gasteiger partial charge in [0.2, 0.25) is 0 Å². The summed E-state index contributed by atoms with van der Waals surface area (Å²) in [6, 6.07) is 0. The SMILES string of the molecule is C=C1C(O)CC(=C/C=C2\CCCC3(C)C2CC[C@@H]3C(C)CCCC(C)O)C[C@H]1O. The lowest BCUT2D eigenvalue weighted by Gasteiger charge is -2.44. The molecule has 0 aliphatic heterocycles. The predicted octanol–water partition coefficient (Wildman–Crippen LogP) is 5.31. The highest BCUT2D eigenvalue weighted by Gasteiger charge is 2.50. The highest BCUT2D eigenvalue weighted by Crippen LogP contribution is 2.59. The Hall–Kier alpha value is -0.900. The van der Waals surface area contributed by atoms with E-state index >= 15 is 0 Å². The topological polar surface area (TPSA) is 60.7 Å². The van der Waals surface area contributed by atoms with Gasteiger partial charge in [-0.3, -0.25) is 0 Å². The Labute approximate surface area is 177 Å². The van der Waals surface area contributed by atoms with Crippen LogP contribution in [0.3, 0.4) is 0 Å². The fourth-order valence-corrected chi connectivity index (χ4v) is 6.58. The summed E-state index contributed by atoms with van der Waals surface area (Å²) in [5.41, 5.74) is 3.67. The van der Waals surface area contributed by atoms with E-state index in [0.29, 0.717) is 29.7 Å². The van der Waals surface area contributed by atoms with E-state index in [4.69, 9.17) is 0 Å². The normalized spacial score (nSPS) is 40.3. The van der Waals surface area contributed by atoms with Crippen molar-refractivity contribution >= 4 is 0 Å². The van der Waals surface area contributed by atoms with E-state index in [1.165, 1.54) is 38.5 Å². The summed E-state index contributed by atoms with van der Waals surface area (Å²) in [5, 5.41) is 29.8. The van der Waals surface area contributed by atoms with Gasteiger partial charge >= 0.3 is 0 Å². The van der Waals surface area contributed by atoms with E-state index in [2.05, 4.69) is 32.6 Å². The largest absolute Gasteiger partial charge is 0.393 e. The van der Waals surface area contributed by atoms with Gasteiger partial charge < -0.3 is 15.3 Å². The average molecular weight is 403 g/mol.